The van der Waals surface area contributed by atoms with Crippen molar-refractivity contribution in [2.24, 2.45) is 0 Å². The van der Waals surface area contributed by atoms with E-state index in [1.807, 2.05) is 25.1 Å². The normalized spacial score (nSPS) is 15.7. The Morgan fingerprint density at radius 1 is 1.44 bits per heavy atom. The van der Waals surface area contributed by atoms with E-state index < -0.39 is 11.8 Å². The zero-order chi connectivity index (χ0) is 18.0. The maximum atomic E-state index is 14.6. The van der Waals surface area contributed by atoms with E-state index in [0.717, 1.165) is 11.1 Å². The second-order valence-corrected chi connectivity index (χ2v) is 6.41. The molecule has 5 nitrogen and oxygen atoms in total. The summed E-state index contributed by atoms with van der Waals surface area (Å²) < 4.78 is 21.1. The highest BCUT2D eigenvalue weighted by Gasteiger charge is 2.27. The molecule has 1 aromatic carbocycles. The third kappa shape index (κ3) is 3.58. The number of hydrogen-bond donors (Lipinski definition) is 0. The number of aryl methyl sites for hydroxylation is 2. The predicted octanol–water partition coefficient (Wildman–Crippen LogP) is 3.87. The molecule has 1 aliphatic heterocycles. The third-order valence-electron chi connectivity index (χ3n) is 4.27. The fourth-order valence-electron chi connectivity index (χ4n) is 3.05. The number of carbonyl (C=O) groups is 1. The van der Waals surface area contributed by atoms with Gasteiger partial charge in [-0.2, -0.15) is 4.39 Å². The van der Waals surface area contributed by atoms with Crippen LogP contribution in [-0.2, 0) is 22.5 Å². The van der Waals surface area contributed by atoms with Crippen molar-refractivity contribution in [3.63, 3.8) is 0 Å². The quantitative estimate of drug-likeness (QED) is 0.611. The van der Waals surface area contributed by atoms with Gasteiger partial charge in [0.2, 0.25) is 5.83 Å². The van der Waals surface area contributed by atoms with E-state index in [4.69, 9.17) is 16.3 Å². The van der Waals surface area contributed by atoms with Crippen molar-refractivity contribution in [3.05, 3.63) is 51.6 Å². The summed E-state index contributed by atoms with van der Waals surface area (Å²) >= 11 is 6.00. The molecule has 0 saturated carbocycles. The molecular formula is C18H19ClFN3O2. The number of fused-ring (bicyclic) bond motifs is 1. The summed E-state index contributed by atoms with van der Waals surface area (Å²) in [6.07, 6.45) is 1.67. The first-order valence-electron chi connectivity index (χ1n) is 8.24. The van der Waals surface area contributed by atoms with Gasteiger partial charge in [0.05, 0.1) is 18.0 Å². The lowest BCUT2D eigenvalue weighted by atomic mass is 9.96. The summed E-state index contributed by atoms with van der Waals surface area (Å²) in [4.78, 5) is 11.8. The van der Waals surface area contributed by atoms with Gasteiger partial charge in [0.15, 0.2) is 0 Å². The number of rotatable bonds is 4. The Kier molecular flexibility index (Phi) is 5.18. The minimum atomic E-state index is -0.930. The van der Waals surface area contributed by atoms with E-state index in [0.29, 0.717) is 47.8 Å². The summed E-state index contributed by atoms with van der Waals surface area (Å²) in [6, 6.07) is 5.62. The summed E-state index contributed by atoms with van der Waals surface area (Å²) in [7, 11) is 0. The molecule has 0 saturated heterocycles. The molecule has 0 fully saturated rings. The molecule has 0 atom stereocenters. The van der Waals surface area contributed by atoms with E-state index in [-0.39, 0.29) is 6.61 Å². The molecule has 0 amide bonds. The molecule has 2 heterocycles. The highest BCUT2D eigenvalue weighted by atomic mass is 35.5. The second kappa shape index (κ2) is 7.35. The Morgan fingerprint density at radius 2 is 2.24 bits per heavy atom. The first-order valence-corrected chi connectivity index (χ1v) is 8.62. The van der Waals surface area contributed by atoms with Crippen LogP contribution in [0.4, 0.5) is 4.39 Å². The summed E-state index contributed by atoms with van der Waals surface area (Å²) in [5.74, 6) is -1.78. The highest BCUT2D eigenvalue weighted by Crippen LogP contribution is 2.33. The average Bonchev–Trinajstić information content (AvgIpc) is 3.00. The van der Waals surface area contributed by atoms with Gasteiger partial charge in [-0.15, -0.1) is 5.10 Å². The molecule has 0 spiro atoms. The van der Waals surface area contributed by atoms with Crippen LogP contribution in [0.2, 0.25) is 5.02 Å². The number of carbonyl (C=O) groups excluding carboxylic acids is 1. The third-order valence-corrected chi connectivity index (χ3v) is 4.50. The van der Waals surface area contributed by atoms with E-state index in [9.17, 15) is 9.18 Å². The lowest BCUT2D eigenvalue weighted by Gasteiger charge is -2.18. The summed E-state index contributed by atoms with van der Waals surface area (Å²) in [6.45, 7) is 4.40. The zero-order valence-electron chi connectivity index (χ0n) is 14.2. The van der Waals surface area contributed by atoms with Crippen LogP contribution < -0.4 is 0 Å². The molecule has 0 aliphatic carbocycles. The van der Waals surface area contributed by atoms with Crippen molar-refractivity contribution < 1.29 is 13.9 Å². The molecule has 0 N–H and O–H groups in total. The Balaban J connectivity index is 2.00. The number of halogens is 2. The van der Waals surface area contributed by atoms with Crippen molar-refractivity contribution in [3.8, 4) is 0 Å². The van der Waals surface area contributed by atoms with E-state index in [2.05, 4.69) is 10.3 Å². The monoisotopic (exact) mass is 363 g/mol. The number of aromatic nitrogens is 3. The molecule has 7 heteroatoms. The summed E-state index contributed by atoms with van der Waals surface area (Å²) in [5.41, 5.74) is 3.64. The van der Waals surface area contributed by atoms with Crippen molar-refractivity contribution in [2.75, 3.05) is 6.61 Å². The topological polar surface area (TPSA) is 57.0 Å². The first-order chi connectivity index (χ1) is 12.0. The number of ether oxygens (including phenoxy) is 1. The van der Waals surface area contributed by atoms with Crippen LogP contribution in [-0.4, -0.2) is 27.6 Å². The van der Waals surface area contributed by atoms with Gasteiger partial charge in [-0.3, -0.25) is 0 Å². The Hall–Kier alpha value is -2.21. The van der Waals surface area contributed by atoms with Crippen molar-refractivity contribution in [2.45, 2.75) is 39.7 Å². The van der Waals surface area contributed by atoms with Crippen LogP contribution in [0.1, 0.15) is 42.3 Å². The Bertz CT molecular complexity index is 845. The fraction of sp³-hybridized carbons (Fsp3) is 0.389. The molecular weight excluding hydrogens is 345 g/mol. The zero-order valence-corrected chi connectivity index (χ0v) is 14.9. The number of hydrogen-bond acceptors (Lipinski definition) is 4. The van der Waals surface area contributed by atoms with Crippen molar-refractivity contribution in [1.29, 1.82) is 0 Å². The first kappa shape index (κ1) is 17.6. The predicted molar refractivity (Wildman–Crippen MR) is 92.9 cm³/mol. The second-order valence-electron chi connectivity index (χ2n) is 5.97. The number of benzene rings is 1. The largest absolute Gasteiger partial charge is 0.461 e. The van der Waals surface area contributed by atoms with Gasteiger partial charge in [0.1, 0.15) is 0 Å². The molecule has 0 radical (unpaired) electrons. The molecule has 3 rings (SSSR count). The number of nitrogens with zero attached hydrogens (tertiary/aromatic N) is 3. The van der Waals surface area contributed by atoms with Crippen LogP contribution in [0.25, 0.3) is 5.57 Å². The maximum absolute atomic E-state index is 14.6. The highest BCUT2D eigenvalue weighted by molar-refractivity contribution is 6.30. The van der Waals surface area contributed by atoms with Gasteiger partial charge < -0.3 is 4.74 Å². The molecule has 0 bridgehead atoms. The van der Waals surface area contributed by atoms with Crippen LogP contribution >= 0.6 is 11.6 Å². The number of esters is 1. The minimum absolute atomic E-state index is 0.133. The molecule has 25 heavy (non-hydrogen) atoms. The van der Waals surface area contributed by atoms with Crippen LogP contribution in [0, 0.1) is 6.92 Å². The minimum Gasteiger partial charge on any atom is -0.461 e. The van der Waals surface area contributed by atoms with Gasteiger partial charge >= 0.3 is 5.97 Å². The Morgan fingerprint density at radius 3 is 2.96 bits per heavy atom. The number of allylic oxidation sites excluding steroid dienone is 1. The standard InChI is InChI=1S/C18H19ClFN3O2/c1-3-25-18(24)16(20)14-5-4-8-23-17(14)15(21-22-23)10-12-6-7-13(19)9-11(12)2/h6-7,9H,3-5,8,10H2,1-2H3/b16-14-. The smallest absolute Gasteiger partial charge is 0.367 e. The molecule has 2 aromatic rings. The lowest BCUT2D eigenvalue weighted by molar-refractivity contribution is -0.140. The van der Waals surface area contributed by atoms with Crippen molar-refractivity contribution in [1.82, 2.24) is 15.0 Å². The van der Waals surface area contributed by atoms with E-state index in [1.54, 1.807) is 11.6 Å². The average molecular weight is 364 g/mol. The van der Waals surface area contributed by atoms with E-state index >= 15 is 0 Å². The molecule has 1 aliphatic rings. The SMILES string of the molecule is CCOC(=O)/C(F)=C1\CCCn2nnc(Cc3ccc(Cl)cc3C)c21. The Labute approximate surface area is 150 Å². The van der Waals surface area contributed by atoms with Crippen LogP contribution in [0.5, 0.6) is 0 Å². The fourth-order valence-corrected chi connectivity index (χ4v) is 3.27. The van der Waals surface area contributed by atoms with Crippen LogP contribution in [0.3, 0.4) is 0 Å². The van der Waals surface area contributed by atoms with Gasteiger partial charge in [0, 0.05) is 23.6 Å². The molecule has 0 unspecified atom stereocenters. The van der Waals surface area contributed by atoms with Crippen molar-refractivity contribution >= 4 is 23.1 Å². The molecule has 1 aromatic heterocycles. The lowest BCUT2D eigenvalue weighted by Crippen LogP contribution is -2.15. The maximum Gasteiger partial charge on any atom is 0.367 e. The van der Waals surface area contributed by atoms with Gasteiger partial charge in [0.25, 0.3) is 0 Å². The van der Waals surface area contributed by atoms with Gasteiger partial charge in [-0.05, 0) is 49.9 Å². The van der Waals surface area contributed by atoms with Gasteiger partial charge in [-0.25, -0.2) is 9.48 Å². The summed E-state index contributed by atoms with van der Waals surface area (Å²) in [5, 5.41) is 9.01. The van der Waals surface area contributed by atoms with E-state index in [1.165, 1.54) is 0 Å². The van der Waals surface area contributed by atoms with Crippen LogP contribution in [0.15, 0.2) is 24.0 Å². The van der Waals surface area contributed by atoms with Gasteiger partial charge in [-0.1, -0.05) is 22.9 Å². The molecule has 132 valence electrons.